The first kappa shape index (κ1) is 20.3. The molecule has 130 valence electrons. The van der Waals surface area contributed by atoms with Gasteiger partial charge in [-0.2, -0.15) is 0 Å². The Bertz CT molecular complexity index is 479. The van der Waals surface area contributed by atoms with E-state index in [1.165, 1.54) is 0 Å². The number of carboxylic acids is 3. The van der Waals surface area contributed by atoms with Gasteiger partial charge < -0.3 is 31.7 Å². The van der Waals surface area contributed by atoms with E-state index in [0.717, 1.165) is 0 Å². The van der Waals surface area contributed by atoms with E-state index in [0.29, 0.717) is 0 Å². The number of hydrogen-bond donors (Lipinski definition) is 6. The van der Waals surface area contributed by atoms with E-state index in [1.54, 1.807) is 0 Å². The van der Waals surface area contributed by atoms with Crippen LogP contribution in [0.4, 0.5) is 0 Å². The minimum Gasteiger partial charge on any atom is -0.481 e. The van der Waals surface area contributed by atoms with E-state index in [9.17, 15) is 24.0 Å². The molecule has 0 radical (unpaired) electrons. The fourth-order valence-corrected chi connectivity index (χ4v) is 1.59. The lowest BCUT2D eigenvalue weighted by Crippen LogP contribution is -2.52. The van der Waals surface area contributed by atoms with Crippen LogP contribution >= 0.6 is 0 Å². The van der Waals surface area contributed by atoms with Crippen molar-refractivity contribution in [2.45, 2.75) is 37.8 Å². The van der Waals surface area contributed by atoms with Gasteiger partial charge in [-0.25, -0.2) is 4.79 Å². The van der Waals surface area contributed by atoms with Gasteiger partial charge in [0.25, 0.3) is 0 Å². The highest BCUT2D eigenvalue weighted by Crippen LogP contribution is 2.03. The fourth-order valence-electron chi connectivity index (χ4n) is 1.59. The molecule has 0 unspecified atom stereocenters. The third-order valence-electron chi connectivity index (χ3n) is 2.75. The number of amides is 2. The quantitative estimate of drug-likeness (QED) is 0.241. The molecule has 0 bridgehead atoms. The molecular formula is C12H19N3O8. The molecule has 11 heteroatoms. The Labute approximate surface area is 130 Å². The molecule has 7 N–H and O–H groups in total. The zero-order chi connectivity index (χ0) is 18.0. The summed E-state index contributed by atoms with van der Waals surface area (Å²) in [5.74, 6) is -5.52. The first-order valence-electron chi connectivity index (χ1n) is 6.63. The zero-order valence-corrected chi connectivity index (χ0v) is 12.2. The van der Waals surface area contributed by atoms with E-state index in [4.69, 9.17) is 21.1 Å². The second-order valence-electron chi connectivity index (χ2n) is 4.59. The van der Waals surface area contributed by atoms with Gasteiger partial charge in [-0.3, -0.25) is 19.2 Å². The summed E-state index contributed by atoms with van der Waals surface area (Å²) in [7, 11) is 0. The highest BCUT2D eigenvalue weighted by atomic mass is 16.4. The predicted molar refractivity (Wildman–Crippen MR) is 74.3 cm³/mol. The summed E-state index contributed by atoms with van der Waals surface area (Å²) in [6.07, 6.45) is -1.53. The summed E-state index contributed by atoms with van der Waals surface area (Å²) < 4.78 is 0. The first-order chi connectivity index (χ1) is 10.7. The average molecular weight is 333 g/mol. The lowest BCUT2D eigenvalue weighted by atomic mass is 10.1. The molecule has 23 heavy (non-hydrogen) atoms. The lowest BCUT2D eigenvalue weighted by molar-refractivity contribution is -0.144. The monoisotopic (exact) mass is 333 g/mol. The van der Waals surface area contributed by atoms with E-state index in [-0.39, 0.29) is 12.8 Å². The second-order valence-corrected chi connectivity index (χ2v) is 4.59. The fraction of sp³-hybridized carbons (Fsp3) is 0.583. The number of carbonyl (C=O) groups excluding carboxylic acids is 2. The molecule has 0 spiro atoms. The van der Waals surface area contributed by atoms with Gasteiger partial charge in [0.2, 0.25) is 11.8 Å². The van der Waals surface area contributed by atoms with Gasteiger partial charge in [0.05, 0.1) is 6.54 Å². The number of hydrogen-bond acceptors (Lipinski definition) is 6. The summed E-state index contributed by atoms with van der Waals surface area (Å²) >= 11 is 0. The minimum atomic E-state index is -1.47. The number of nitrogens with two attached hydrogens (primary N) is 1. The third kappa shape index (κ3) is 9.03. The van der Waals surface area contributed by atoms with Crippen molar-refractivity contribution in [1.82, 2.24) is 10.6 Å². The molecule has 0 saturated carbocycles. The number of aliphatic carboxylic acids is 3. The van der Waals surface area contributed by atoms with Crippen molar-refractivity contribution in [3.8, 4) is 0 Å². The van der Waals surface area contributed by atoms with Crippen LogP contribution in [0.15, 0.2) is 0 Å². The van der Waals surface area contributed by atoms with Gasteiger partial charge in [-0.05, 0) is 12.8 Å². The largest absolute Gasteiger partial charge is 0.481 e. The Morgan fingerprint density at radius 3 is 1.70 bits per heavy atom. The van der Waals surface area contributed by atoms with Crippen molar-refractivity contribution >= 4 is 29.7 Å². The summed E-state index contributed by atoms with van der Waals surface area (Å²) in [6.45, 7) is -0.432. The normalized spacial score (nSPS) is 12.7. The molecule has 0 aromatic carbocycles. The van der Waals surface area contributed by atoms with E-state index in [2.05, 4.69) is 10.6 Å². The van der Waals surface area contributed by atoms with Crippen LogP contribution in [-0.4, -0.2) is 63.7 Å². The van der Waals surface area contributed by atoms with Gasteiger partial charge in [-0.1, -0.05) is 0 Å². The average Bonchev–Trinajstić information content (AvgIpc) is 2.46. The number of rotatable bonds is 11. The van der Waals surface area contributed by atoms with Crippen molar-refractivity contribution in [1.29, 1.82) is 0 Å². The molecule has 0 aliphatic rings. The van der Waals surface area contributed by atoms with Crippen LogP contribution in [0, 0.1) is 0 Å². The zero-order valence-electron chi connectivity index (χ0n) is 12.2. The number of carbonyl (C=O) groups is 5. The maximum absolute atomic E-state index is 12.0. The van der Waals surface area contributed by atoms with Crippen LogP contribution < -0.4 is 16.4 Å². The summed E-state index contributed by atoms with van der Waals surface area (Å²) in [4.78, 5) is 55.3. The minimum absolute atomic E-state index is 0.266. The lowest BCUT2D eigenvalue weighted by Gasteiger charge is -2.20. The van der Waals surface area contributed by atoms with E-state index < -0.39 is 61.2 Å². The van der Waals surface area contributed by atoms with Crippen molar-refractivity contribution in [3.63, 3.8) is 0 Å². The smallest absolute Gasteiger partial charge is 0.326 e. The Morgan fingerprint density at radius 1 is 0.826 bits per heavy atom. The predicted octanol–water partition coefficient (Wildman–Crippen LogP) is -2.27. The number of carboxylic acid groups (broad SMARTS) is 3. The molecule has 2 atom stereocenters. The van der Waals surface area contributed by atoms with Crippen LogP contribution in [-0.2, 0) is 24.0 Å². The third-order valence-corrected chi connectivity index (χ3v) is 2.75. The molecule has 0 aromatic heterocycles. The maximum atomic E-state index is 12.0. The molecule has 0 aromatic rings. The van der Waals surface area contributed by atoms with Gasteiger partial charge in [0.1, 0.15) is 12.1 Å². The summed E-state index contributed by atoms with van der Waals surface area (Å²) in [5, 5.41) is 30.4. The Kier molecular flexibility index (Phi) is 8.92. The van der Waals surface area contributed by atoms with Crippen molar-refractivity contribution < 1.29 is 39.3 Å². The second kappa shape index (κ2) is 10.1. The summed E-state index contributed by atoms with van der Waals surface area (Å²) in [6, 6.07) is -2.76. The highest BCUT2D eigenvalue weighted by Gasteiger charge is 2.27. The van der Waals surface area contributed by atoms with Gasteiger partial charge >= 0.3 is 17.9 Å². The van der Waals surface area contributed by atoms with E-state index in [1.807, 2.05) is 0 Å². The SMILES string of the molecule is NCC(=O)N[C@@H](CCC(=O)O)C(=O)N[C@@H](CCC(=O)O)C(=O)O. The standard InChI is InChI=1S/C12H19N3O8/c13-5-8(16)14-6(1-3-9(17)18)11(21)15-7(12(22)23)2-4-10(19)20/h6-7H,1-5,13H2,(H,14,16)(H,15,21)(H,17,18)(H,19,20)(H,22,23)/t6-,7-/m0/s1. The first-order valence-corrected chi connectivity index (χ1v) is 6.63. The molecule has 0 aliphatic heterocycles. The van der Waals surface area contributed by atoms with Crippen molar-refractivity contribution in [2.24, 2.45) is 5.73 Å². The topological polar surface area (TPSA) is 196 Å². The van der Waals surface area contributed by atoms with Crippen molar-refractivity contribution in [3.05, 3.63) is 0 Å². The van der Waals surface area contributed by atoms with Crippen LogP contribution in [0.2, 0.25) is 0 Å². The van der Waals surface area contributed by atoms with E-state index >= 15 is 0 Å². The number of nitrogens with one attached hydrogen (secondary N) is 2. The maximum Gasteiger partial charge on any atom is 0.326 e. The summed E-state index contributed by atoms with van der Waals surface area (Å²) in [5.41, 5.74) is 5.09. The van der Waals surface area contributed by atoms with Crippen LogP contribution in [0.3, 0.4) is 0 Å². The highest BCUT2D eigenvalue weighted by molar-refractivity contribution is 5.91. The Hall–Kier alpha value is -2.69. The molecule has 11 nitrogen and oxygen atoms in total. The van der Waals surface area contributed by atoms with Crippen molar-refractivity contribution in [2.75, 3.05) is 6.54 Å². The van der Waals surface area contributed by atoms with Crippen LogP contribution in [0.1, 0.15) is 25.7 Å². The molecule has 0 aliphatic carbocycles. The molecule has 0 saturated heterocycles. The van der Waals surface area contributed by atoms with Gasteiger partial charge in [0.15, 0.2) is 0 Å². The molecule has 0 rings (SSSR count). The van der Waals surface area contributed by atoms with Crippen LogP contribution in [0.25, 0.3) is 0 Å². The van der Waals surface area contributed by atoms with Crippen LogP contribution in [0.5, 0.6) is 0 Å². The Morgan fingerprint density at radius 2 is 1.30 bits per heavy atom. The molecular weight excluding hydrogens is 314 g/mol. The molecule has 0 fully saturated rings. The van der Waals surface area contributed by atoms with Gasteiger partial charge in [-0.15, -0.1) is 0 Å². The Balaban J connectivity index is 4.86. The molecule has 0 heterocycles. The van der Waals surface area contributed by atoms with Gasteiger partial charge in [0, 0.05) is 12.8 Å². The molecule has 2 amide bonds.